The van der Waals surface area contributed by atoms with Crippen molar-refractivity contribution in [2.45, 2.75) is 0 Å². The molecule has 0 atom stereocenters. The summed E-state index contributed by atoms with van der Waals surface area (Å²) >= 11 is -4.93. The van der Waals surface area contributed by atoms with Crippen LogP contribution in [0.2, 0.25) is 0 Å². The molecule has 0 aliphatic rings. The zero-order chi connectivity index (χ0) is 9.78. The van der Waals surface area contributed by atoms with Gasteiger partial charge >= 0.3 is 207 Å². The molecule has 19 heteroatoms. The molecule has 0 fully saturated rings. The summed E-state index contributed by atoms with van der Waals surface area (Å²) in [5.41, 5.74) is 0. The summed E-state index contributed by atoms with van der Waals surface area (Å²) in [4.78, 5) is 0. The van der Waals surface area contributed by atoms with Crippen molar-refractivity contribution in [2.24, 2.45) is 0 Å². The van der Waals surface area contributed by atoms with Crippen molar-refractivity contribution >= 4 is 185 Å². The third-order valence-corrected chi connectivity index (χ3v) is 5.00. The van der Waals surface area contributed by atoms with Crippen molar-refractivity contribution < 1.29 is 43.7 Å². The van der Waals surface area contributed by atoms with Crippen LogP contribution in [0.4, 0.5) is 0 Å². The van der Waals surface area contributed by atoms with Gasteiger partial charge in [0.05, 0.1) is 0 Å². The van der Waals surface area contributed by atoms with Crippen LogP contribution in [0, 0.1) is 0 Å². The van der Waals surface area contributed by atoms with Gasteiger partial charge < -0.3 is 21.9 Å². The Morgan fingerprint density at radius 1 is 0.474 bits per heavy atom. The van der Waals surface area contributed by atoms with Crippen LogP contribution < -0.4 is 0 Å². The average Bonchev–Trinajstić information content (AvgIpc) is 2.16. The smallest absolute Gasteiger partial charge is 2.00 e. The largest absolute Gasteiger partial charge is 2.00 e. The fourth-order valence-electron chi connectivity index (χ4n) is 0.242. The van der Waals surface area contributed by atoms with Gasteiger partial charge in [-0.2, -0.15) is 0 Å². The molecule has 0 aliphatic heterocycles. The first-order valence-corrected chi connectivity index (χ1v) is 8.49. The van der Waals surface area contributed by atoms with E-state index in [9.17, 15) is 7.61 Å². The van der Waals surface area contributed by atoms with E-state index in [1.54, 1.807) is 0 Å². The first-order valence-electron chi connectivity index (χ1n) is 2.83. The average molecular weight is 517 g/mol. The van der Waals surface area contributed by atoms with E-state index < -0.39 is 94.5 Å². The molecule has 0 spiro atoms. The minimum Gasteiger partial charge on any atom is 2.00 e. The van der Waals surface area contributed by atoms with Gasteiger partial charge in [-0.3, -0.25) is 0 Å². The molecule has 0 aromatic carbocycles. The van der Waals surface area contributed by atoms with Gasteiger partial charge in [0, 0.05) is 0 Å². The Morgan fingerprint density at radius 2 is 0.684 bits per heavy atom. The molecule has 0 aromatic rings. The van der Waals surface area contributed by atoms with Gasteiger partial charge in [0.1, 0.15) is 0 Å². The van der Waals surface area contributed by atoms with Gasteiger partial charge in [0.2, 0.25) is 0 Å². The van der Waals surface area contributed by atoms with Gasteiger partial charge in [0.25, 0.3) is 0 Å². The van der Waals surface area contributed by atoms with Gasteiger partial charge in [0.15, 0.2) is 0 Å². The molecule has 0 heterocycles. The minimum atomic E-state index is -1.19. The van der Waals surface area contributed by atoms with Crippen LogP contribution in [0.25, 0.3) is 0 Å². The van der Waals surface area contributed by atoms with E-state index in [0.29, 0.717) is 0 Å². The molecule has 92 valence electrons. The van der Waals surface area contributed by atoms with Crippen LogP contribution in [-0.4, -0.2) is 207 Å². The number of rotatable bonds is 10. The van der Waals surface area contributed by atoms with E-state index in [-0.39, 0.29) is 113 Å². The van der Waals surface area contributed by atoms with Crippen molar-refractivity contribution in [3.63, 3.8) is 0 Å². The van der Waals surface area contributed by atoms with Gasteiger partial charge in [-0.15, -0.1) is 0 Å². The van der Waals surface area contributed by atoms with E-state index in [1.807, 2.05) is 0 Å². The summed E-state index contributed by atoms with van der Waals surface area (Å²) in [6.45, 7) is 0. The first kappa shape index (κ1) is 44.0. The molecule has 4 radical (unpaired) electrons. The third-order valence-electron chi connectivity index (χ3n) is 0.556. The summed E-state index contributed by atoms with van der Waals surface area (Å²) < 4.78 is 43.4. The molecule has 0 aromatic heterocycles. The molecule has 0 bridgehead atoms. The monoisotopic (exact) mass is 518 g/mol. The summed E-state index contributed by atoms with van der Waals surface area (Å²) in [6.07, 6.45) is 0. The Bertz CT molecular complexity index is 124. The number of hydrogen-bond donors (Lipinski definition) is 0. The molecule has 0 amide bonds. The second kappa shape index (κ2) is 43.5. The Kier molecular flexibility index (Phi) is 101. The molecule has 11 nitrogen and oxygen atoms in total. The maximum absolute atomic E-state index is 9.85. The Morgan fingerprint density at radius 3 is 0.895 bits per heavy atom. The van der Waals surface area contributed by atoms with Crippen LogP contribution in [0.1, 0.15) is 0 Å². The quantitative estimate of drug-likeness (QED) is 0.200. The van der Waals surface area contributed by atoms with Gasteiger partial charge in [-0.1, -0.05) is 0 Å². The zero-order valence-corrected chi connectivity index (χ0v) is 23.4. The van der Waals surface area contributed by atoms with Crippen LogP contribution >= 0.6 is 0 Å². The first-order chi connectivity index (χ1) is 6.41. The van der Waals surface area contributed by atoms with E-state index in [0.717, 1.165) is 0 Å². The fourth-order valence-corrected chi connectivity index (χ4v) is 4.48. The molecule has 0 saturated heterocycles. The normalized spacial score (nSPS) is 5.05. The molecule has 0 rings (SSSR count). The van der Waals surface area contributed by atoms with Crippen LogP contribution in [0.5, 0.6) is 0 Å². The van der Waals surface area contributed by atoms with E-state index in [1.165, 1.54) is 0 Å². The van der Waals surface area contributed by atoms with E-state index in [4.69, 9.17) is 8.52 Å². The molecule has 19 heavy (non-hydrogen) atoms. The fraction of sp³-hybridized carbons (Fsp3) is 0. The minimum absolute atomic E-state index is 0. The van der Waals surface area contributed by atoms with E-state index >= 15 is 0 Å². The summed E-state index contributed by atoms with van der Waals surface area (Å²) in [5, 5.41) is 0. The zero-order valence-electron chi connectivity index (χ0n) is 9.52. The molecule has 4 N–H and O–H groups in total. The van der Waals surface area contributed by atoms with Gasteiger partial charge in [-0.05, 0) is 0 Å². The van der Waals surface area contributed by atoms with Crippen molar-refractivity contribution in [1.29, 1.82) is 0 Å². The third kappa shape index (κ3) is 45.1. The second-order valence-corrected chi connectivity index (χ2v) is 7.86. The SMILES string of the molecule is [OH-].[OH-].[OH-].[OH-].[O]=[Al][O][Al][O][Al][O][Al][O][Al][O][Al]=[O].[Sr+2].[Sr+2]. The molecular weight excluding hydrogens is 513 g/mol. The summed E-state index contributed by atoms with van der Waals surface area (Å²) in [5.74, 6) is 0. The maximum atomic E-state index is 9.85. The maximum Gasteiger partial charge on any atom is 2.00 e. The van der Waals surface area contributed by atoms with Crippen LogP contribution in [0.15, 0.2) is 0 Å². The Labute approximate surface area is 224 Å². The van der Waals surface area contributed by atoms with Gasteiger partial charge in [-0.25, -0.2) is 0 Å². The summed E-state index contributed by atoms with van der Waals surface area (Å²) in [6, 6.07) is 0. The topological polar surface area (TPSA) is 200 Å². The van der Waals surface area contributed by atoms with E-state index in [2.05, 4.69) is 5.68 Å². The van der Waals surface area contributed by atoms with Crippen LogP contribution in [-0.2, 0) is 21.8 Å². The predicted molar refractivity (Wildman–Crippen MR) is 60.6 cm³/mol. The molecule has 0 aliphatic carbocycles. The standard InChI is InChI=1S/6Al.4H2O.7O.2Sr/h;;;;;;4*1H2;;;;;;;;;/q;;;;;;;;;;;;;;;;;2*+2/p-4. The second-order valence-electron chi connectivity index (χ2n) is 1.26. The Balaban J connectivity index is -0.0000000480. The number of hydrogen-bond acceptors (Lipinski definition) is 11. The molecule has 0 unspecified atom stereocenters. The van der Waals surface area contributed by atoms with Crippen molar-refractivity contribution in [3.8, 4) is 0 Å². The van der Waals surface area contributed by atoms with Crippen molar-refractivity contribution in [2.75, 3.05) is 0 Å². The van der Waals surface area contributed by atoms with Crippen molar-refractivity contribution in [1.82, 2.24) is 0 Å². The molecule has 0 saturated carbocycles. The summed E-state index contributed by atoms with van der Waals surface area (Å²) in [7, 11) is 0. The van der Waals surface area contributed by atoms with Crippen LogP contribution in [0.3, 0.4) is 0 Å². The Hall–Kier alpha value is 5.08. The predicted octanol–water partition coefficient (Wildman–Crippen LogP) is -4.33. The molecular formula is H4Al6O11Sr2. The van der Waals surface area contributed by atoms with Crippen molar-refractivity contribution in [3.05, 3.63) is 0 Å².